The smallest absolute Gasteiger partial charge is 0.229 e. The summed E-state index contributed by atoms with van der Waals surface area (Å²) in [6.45, 7) is 5.94. The van der Waals surface area contributed by atoms with Gasteiger partial charge in [-0.05, 0) is 32.6 Å². The van der Waals surface area contributed by atoms with Gasteiger partial charge in [0.15, 0.2) is 5.82 Å². The van der Waals surface area contributed by atoms with E-state index in [2.05, 4.69) is 43.3 Å². The molecule has 10 nitrogen and oxygen atoms in total. The summed E-state index contributed by atoms with van der Waals surface area (Å²) in [5.41, 5.74) is 0.997. The fourth-order valence-corrected chi connectivity index (χ4v) is 5.69. The van der Waals surface area contributed by atoms with Crippen LogP contribution < -0.4 is 15.1 Å². The number of nitrogens with one attached hydrogen (secondary N) is 2. The number of hydrogen-bond donors (Lipinski definition) is 2. The summed E-state index contributed by atoms with van der Waals surface area (Å²) < 4.78 is 5.55. The van der Waals surface area contributed by atoms with E-state index in [0.717, 1.165) is 61.6 Å². The van der Waals surface area contributed by atoms with Crippen molar-refractivity contribution >= 4 is 23.4 Å². The molecule has 5 heterocycles. The topological polar surface area (TPSA) is 109 Å². The van der Waals surface area contributed by atoms with Gasteiger partial charge in [-0.3, -0.25) is 10.00 Å². The Morgan fingerprint density at radius 3 is 2.62 bits per heavy atom. The Kier molecular flexibility index (Phi) is 6.83. The molecule has 5 rings (SSSR count). The lowest BCUT2D eigenvalue weighted by atomic mass is 9.81. The molecule has 3 aliphatic rings. The van der Waals surface area contributed by atoms with Gasteiger partial charge in [0.2, 0.25) is 5.95 Å². The molecule has 3 fully saturated rings. The molecule has 3 saturated heterocycles. The highest BCUT2D eigenvalue weighted by Crippen LogP contribution is 2.37. The maximum Gasteiger partial charge on any atom is 0.229 e. The largest absolute Gasteiger partial charge is 0.378 e. The molecule has 0 amide bonds. The van der Waals surface area contributed by atoms with E-state index in [1.165, 1.54) is 19.3 Å². The van der Waals surface area contributed by atoms with Crippen LogP contribution in [-0.4, -0.2) is 83.1 Å². The summed E-state index contributed by atoms with van der Waals surface area (Å²) in [5, 5.41) is 19.7. The number of rotatable bonds is 7. The Bertz CT molecular complexity index is 998. The zero-order valence-electron chi connectivity index (χ0n) is 20.2. The first-order chi connectivity index (χ1) is 16.6. The minimum atomic E-state index is 0.383. The Morgan fingerprint density at radius 2 is 1.94 bits per heavy atom. The number of anilines is 4. The highest BCUT2D eigenvalue weighted by Gasteiger charge is 2.39. The van der Waals surface area contributed by atoms with Gasteiger partial charge in [-0.1, -0.05) is 6.42 Å². The fourth-order valence-electron chi connectivity index (χ4n) is 5.69. The summed E-state index contributed by atoms with van der Waals surface area (Å²) in [5.74, 6) is 3.16. The van der Waals surface area contributed by atoms with Gasteiger partial charge in [0, 0.05) is 69.1 Å². The molecule has 0 saturated carbocycles. The average molecular weight is 466 g/mol. The number of morpholine rings is 1. The van der Waals surface area contributed by atoms with Crippen molar-refractivity contribution in [3.63, 3.8) is 0 Å². The minimum absolute atomic E-state index is 0.383. The van der Waals surface area contributed by atoms with E-state index in [4.69, 9.17) is 20.0 Å². The molecule has 0 spiro atoms. The molecule has 2 bridgehead atoms. The van der Waals surface area contributed by atoms with Crippen molar-refractivity contribution < 1.29 is 4.74 Å². The molecule has 2 aromatic heterocycles. The summed E-state index contributed by atoms with van der Waals surface area (Å²) >= 11 is 0. The number of aromatic nitrogens is 4. The molecule has 3 aliphatic heterocycles. The normalized spacial score (nSPS) is 25.1. The van der Waals surface area contributed by atoms with Gasteiger partial charge in [-0.25, -0.2) is 0 Å². The third kappa shape index (κ3) is 4.95. The maximum atomic E-state index is 9.09. The number of fused-ring (bicyclic) bond motifs is 2. The van der Waals surface area contributed by atoms with Crippen LogP contribution in [0.25, 0.3) is 0 Å². The van der Waals surface area contributed by atoms with E-state index in [1.54, 1.807) is 0 Å². The first-order valence-corrected chi connectivity index (χ1v) is 12.5. The second-order valence-electron chi connectivity index (χ2n) is 9.69. The number of nitrogens with zero attached hydrogens (tertiary/aromatic N) is 7. The summed E-state index contributed by atoms with van der Waals surface area (Å²) in [6, 6.07) is 7.77. The molecule has 0 aromatic carbocycles. The first kappa shape index (κ1) is 22.9. The Balaban J connectivity index is 1.39. The second-order valence-corrected chi connectivity index (χ2v) is 9.69. The Morgan fingerprint density at radius 1 is 1.18 bits per heavy atom. The van der Waals surface area contributed by atoms with Crippen LogP contribution in [0.4, 0.5) is 23.4 Å². The molecule has 0 aliphatic carbocycles. The average Bonchev–Trinajstić information content (AvgIpc) is 3.26. The number of aromatic amines is 1. The van der Waals surface area contributed by atoms with E-state index < -0.39 is 0 Å². The number of ether oxygens (including phenoxy) is 1. The zero-order valence-corrected chi connectivity index (χ0v) is 20.2. The van der Waals surface area contributed by atoms with Gasteiger partial charge < -0.3 is 19.9 Å². The predicted octanol–water partition coefficient (Wildman–Crippen LogP) is 2.82. The quantitative estimate of drug-likeness (QED) is 0.638. The summed E-state index contributed by atoms with van der Waals surface area (Å²) in [7, 11) is 2.13. The number of piperidine rings is 2. The van der Waals surface area contributed by atoms with E-state index >= 15 is 0 Å². The van der Waals surface area contributed by atoms with Crippen LogP contribution in [0.5, 0.6) is 0 Å². The second kappa shape index (κ2) is 10.2. The molecular weight excluding hydrogens is 430 g/mol. The SMILES string of the molecule is Cc1cc(Nc2cc(N3CCOCC3)nc(N(C)[C@@H]3C[C@H]4CCC[C@@H](C3)N4CCC#N)n2)n[nH]1. The Labute approximate surface area is 201 Å². The van der Waals surface area contributed by atoms with Crippen molar-refractivity contribution in [2.45, 2.75) is 63.6 Å². The number of hydrogen-bond acceptors (Lipinski definition) is 9. The van der Waals surface area contributed by atoms with Crippen LogP contribution in [0.3, 0.4) is 0 Å². The molecule has 0 radical (unpaired) electrons. The summed E-state index contributed by atoms with van der Waals surface area (Å²) in [6.07, 6.45) is 6.50. The number of aryl methyl sites for hydroxylation is 1. The molecule has 0 unspecified atom stereocenters. The predicted molar refractivity (Wildman–Crippen MR) is 131 cm³/mol. The zero-order chi connectivity index (χ0) is 23.5. The van der Waals surface area contributed by atoms with Gasteiger partial charge in [0.05, 0.1) is 19.3 Å². The number of nitriles is 1. The lowest BCUT2D eigenvalue weighted by Gasteiger charge is -2.50. The third-order valence-electron chi connectivity index (χ3n) is 7.44. The van der Waals surface area contributed by atoms with Crippen molar-refractivity contribution in [1.82, 2.24) is 25.1 Å². The van der Waals surface area contributed by atoms with Crippen LogP contribution in [0, 0.1) is 18.3 Å². The van der Waals surface area contributed by atoms with Crippen LogP contribution in [0.2, 0.25) is 0 Å². The molecule has 10 heteroatoms. The standard InChI is InChI=1S/C24H35N9O/c1-17-13-22(30-29-17)26-21-16-23(32-9-11-34-12-10-32)28-24(27-21)31(2)20-14-18-5-3-6-19(15-20)33(18)8-4-7-25/h13,16,18-20H,3-6,8-12,14-15H2,1-2H3,(H2,26,27,28,29,30)/t18-,19+,20-. The van der Waals surface area contributed by atoms with Gasteiger partial charge in [-0.2, -0.15) is 20.3 Å². The highest BCUT2D eigenvalue weighted by molar-refractivity contribution is 5.60. The lowest BCUT2D eigenvalue weighted by Crippen LogP contribution is -2.56. The van der Waals surface area contributed by atoms with E-state index in [1.807, 2.05) is 19.1 Å². The van der Waals surface area contributed by atoms with E-state index in [-0.39, 0.29) is 0 Å². The third-order valence-corrected chi connectivity index (χ3v) is 7.44. The van der Waals surface area contributed by atoms with Crippen LogP contribution in [0.1, 0.15) is 44.2 Å². The van der Waals surface area contributed by atoms with Crippen molar-refractivity contribution in [3.05, 3.63) is 17.8 Å². The maximum absolute atomic E-state index is 9.09. The molecule has 3 atom stereocenters. The monoisotopic (exact) mass is 465 g/mol. The van der Waals surface area contributed by atoms with Gasteiger partial charge >= 0.3 is 0 Å². The van der Waals surface area contributed by atoms with E-state index in [9.17, 15) is 0 Å². The number of H-pyrrole nitrogens is 1. The van der Waals surface area contributed by atoms with Crippen molar-refractivity contribution in [2.24, 2.45) is 0 Å². The van der Waals surface area contributed by atoms with Crippen LogP contribution >= 0.6 is 0 Å². The van der Waals surface area contributed by atoms with Crippen molar-refractivity contribution in [1.29, 1.82) is 5.26 Å². The lowest BCUT2D eigenvalue weighted by molar-refractivity contribution is 0.0326. The molecule has 34 heavy (non-hydrogen) atoms. The molecule has 2 aromatic rings. The van der Waals surface area contributed by atoms with Gasteiger partial charge in [0.25, 0.3) is 0 Å². The minimum Gasteiger partial charge on any atom is -0.378 e. The fraction of sp³-hybridized carbons (Fsp3) is 0.667. The van der Waals surface area contributed by atoms with Gasteiger partial charge in [-0.15, -0.1) is 0 Å². The van der Waals surface area contributed by atoms with Crippen LogP contribution in [-0.2, 0) is 4.74 Å². The van der Waals surface area contributed by atoms with Gasteiger partial charge in [0.1, 0.15) is 11.6 Å². The molecule has 182 valence electrons. The van der Waals surface area contributed by atoms with Crippen molar-refractivity contribution in [3.8, 4) is 6.07 Å². The first-order valence-electron chi connectivity index (χ1n) is 12.5. The Hall–Kier alpha value is -2.90. The highest BCUT2D eigenvalue weighted by atomic mass is 16.5. The summed E-state index contributed by atoms with van der Waals surface area (Å²) in [4.78, 5) is 17.0. The van der Waals surface area contributed by atoms with E-state index in [0.29, 0.717) is 37.8 Å². The van der Waals surface area contributed by atoms with Crippen LogP contribution in [0.15, 0.2) is 12.1 Å². The molecular formula is C24H35N9O. The van der Waals surface area contributed by atoms with Crippen molar-refractivity contribution in [2.75, 3.05) is 55.0 Å². The molecule has 2 N–H and O–H groups in total.